The minimum Gasteiger partial charge on any atom is -0.351 e. The molecule has 5 rings (SSSR count). The average Bonchev–Trinajstić information content (AvgIpc) is 3.34. The maximum atomic E-state index is 13.7. The van der Waals surface area contributed by atoms with Crippen LogP contribution in [0.3, 0.4) is 0 Å². The second-order valence-corrected chi connectivity index (χ2v) is 10.2. The molecule has 1 fully saturated rings. The van der Waals surface area contributed by atoms with Crippen molar-refractivity contribution in [3.05, 3.63) is 58.1 Å². The van der Waals surface area contributed by atoms with Gasteiger partial charge in [-0.05, 0) is 55.0 Å². The summed E-state index contributed by atoms with van der Waals surface area (Å²) in [6.45, 7) is 2.68. The van der Waals surface area contributed by atoms with Crippen LogP contribution in [0.25, 0.3) is 10.2 Å². The molecule has 2 aromatic heterocycles. The monoisotopic (exact) mass is 455 g/mol. The van der Waals surface area contributed by atoms with Gasteiger partial charge in [-0.1, -0.05) is 43.0 Å². The summed E-state index contributed by atoms with van der Waals surface area (Å²) in [7, 11) is 0. The van der Waals surface area contributed by atoms with Gasteiger partial charge in [0.2, 0.25) is 5.91 Å². The molecule has 1 N–H and O–H groups in total. The van der Waals surface area contributed by atoms with Crippen LogP contribution in [0.1, 0.15) is 55.1 Å². The summed E-state index contributed by atoms with van der Waals surface area (Å²) < 4.78 is 2.03. The highest BCUT2D eigenvalue weighted by Crippen LogP contribution is 2.36. The van der Waals surface area contributed by atoms with Crippen LogP contribution in [-0.2, 0) is 17.9 Å². The third kappa shape index (κ3) is 3.66. The molecule has 2 aliphatic rings. The summed E-state index contributed by atoms with van der Waals surface area (Å²) in [5.41, 5.74) is 0.575. The fraction of sp³-hybridized carbons (Fsp3) is 0.417. The van der Waals surface area contributed by atoms with Crippen LogP contribution >= 0.6 is 22.9 Å². The first kappa shape index (κ1) is 20.6. The Kier molecular flexibility index (Phi) is 5.30. The zero-order valence-corrected chi connectivity index (χ0v) is 19.1. The highest BCUT2D eigenvalue weighted by atomic mass is 35.5. The molecule has 1 aliphatic heterocycles. The molecule has 3 aromatic rings. The highest BCUT2D eigenvalue weighted by molar-refractivity contribution is 7.16. The number of thiophene rings is 1. The smallest absolute Gasteiger partial charge is 0.271 e. The minimum atomic E-state index is -0.986. The van der Waals surface area contributed by atoms with Gasteiger partial charge in [-0.15, -0.1) is 11.3 Å². The number of carbonyl (C=O) groups excluding carboxylic acids is 2. The first-order valence-electron chi connectivity index (χ1n) is 10.9. The van der Waals surface area contributed by atoms with E-state index in [4.69, 9.17) is 11.6 Å². The normalized spacial score (nSPS) is 22.0. The number of amides is 2. The van der Waals surface area contributed by atoms with E-state index in [-0.39, 0.29) is 17.9 Å². The van der Waals surface area contributed by atoms with Gasteiger partial charge in [-0.25, -0.2) is 0 Å². The molecule has 2 amide bonds. The van der Waals surface area contributed by atoms with E-state index in [1.807, 2.05) is 53.3 Å². The first-order chi connectivity index (χ1) is 15.0. The standard InChI is InChI=1S/C24H26ClN3O2S/c1-24(23(30)26-19-8-3-2-4-9-19)15-27-20(13-17-10-11-31-22(17)27)21(29)28(24)14-16-6-5-7-18(25)12-16/h5-7,10-13,19H,2-4,8-9,14-15H2,1H3,(H,26,30)/t24-/m1/s1. The lowest BCUT2D eigenvalue weighted by Gasteiger charge is -2.44. The molecule has 5 nitrogen and oxygen atoms in total. The van der Waals surface area contributed by atoms with Crippen molar-refractivity contribution in [2.24, 2.45) is 0 Å². The molecular weight excluding hydrogens is 430 g/mol. The van der Waals surface area contributed by atoms with E-state index in [2.05, 4.69) is 5.32 Å². The molecule has 162 valence electrons. The maximum Gasteiger partial charge on any atom is 0.271 e. The van der Waals surface area contributed by atoms with Crippen LogP contribution < -0.4 is 5.32 Å². The van der Waals surface area contributed by atoms with Crippen LogP contribution in [0.2, 0.25) is 5.02 Å². The Morgan fingerprint density at radius 3 is 2.81 bits per heavy atom. The quantitative estimate of drug-likeness (QED) is 0.586. The van der Waals surface area contributed by atoms with Gasteiger partial charge in [-0.2, -0.15) is 0 Å². The number of fused-ring (bicyclic) bond motifs is 3. The summed E-state index contributed by atoms with van der Waals surface area (Å²) in [6, 6.07) is 11.7. The first-order valence-corrected chi connectivity index (χ1v) is 12.2. The minimum absolute atomic E-state index is 0.0705. The number of hydrogen-bond donors (Lipinski definition) is 1. The summed E-state index contributed by atoms with van der Waals surface area (Å²) >= 11 is 7.80. The van der Waals surface area contributed by atoms with Gasteiger partial charge in [0.05, 0.1) is 6.54 Å². The lowest BCUT2D eigenvalue weighted by molar-refractivity contribution is -0.134. The number of carbonyl (C=O) groups is 2. The van der Waals surface area contributed by atoms with Crippen molar-refractivity contribution in [1.82, 2.24) is 14.8 Å². The topological polar surface area (TPSA) is 54.3 Å². The van der Waals surface area contributed by atoms with Gasteiger partial charge in [0, 0.05) is 23.0 Å². The highest BCUT2D eigenvalue weighted by Gasteiger charge is 2.48. The fourth-order valence-corrected chi connectivity index (χ4v) is 6.02. The molecule has 1 saturated carbocycles. The van der Waals surface area contributed by atoms with Crippen molar-refractivity contribution in [2.75, 3.05) is 0 Å². The third-order valence-corrected chi connectivity index (χ3v) is 7.87. The maximum absolute atomic E-state index is 13.7. The molecule has 31 heavy (non-hydrogen) atoms. The molecule has 0 bridgehead atoms. The van der Waals surface area contributed by atoms with Gasteiger partial charge in [0.15, 0.2) is 0 Å². The summed E-state index contributed by atoms with van der Waals surface area (Å²) in [5, 5.41) is 6.97. The van der Waals surface area contributed by atoms with Crippen molar-refractivity contribution in [3.8, 4) is 0 Å². The van der Waals surface area contributed by atoms with Crippen molar-refractivity contribution in [3.63, 3.8) is 0 Å². The Morgan fingerprint density at radius 1 is 1.23 bits per heavy atom. The molecule has 1 aliphatic carbocycles. The van der Waals surface area contributed by atoms with Crippen LogP contribution in [0.4, 0.5) is 0 Å². The Bertz CT molecular complexity index is 1150. The van der Waals surface area contributed by atoms with E-state index in [0.717, 1.165) is 41.5 Å². The lowest BCUT2D eigenvalue weighted by atomic mass is 9.91. The number of halogens is 1. The summed E-state index contributed by atoms with van der Waals surface area (Å²) in [4.78, 5) is 30.1. The number of aromatic nitrogens is 1. The largest absolute Gasteiger partial charge is 0.351 e. The van der Waals surface area contributed by atoms with Crippen molar-refractivity contribution in [2.45, 2.75) is 63.7 Å². The predicted octanol–water partition coefficient (Wildman–Crippen LogP) is 5.22. The molecule has 1 aromatic carbocycles. The number of nitrogens with zero attached hydrogens (tertiary/aromatic N) is 2. The second-order valence-electron chi connectivity index (χ2n) is 8.90. The molecule has 7 heteroatoms. The number of nitrogens with one attached hydrogen (secondary N) is 1. The van der Waals surface area contributed by atoms with Crippen LogP contribution in [0.15, 0.2) is 41.8 Å². The van der Waals surface area contributed by atoms with E-state index >= 15 is 0 Å². The van der Waals surface area contributed by atoms with Gasteiger partial charge in [0.1, 0.15) is 16.1 Å². The molecule has 3 heterocycles. The third-order valence-electron chi connectivity index (χ3n) is 6.69. The Morgan fingerprint density at radius 2 is 2.03 bits per heavy atom. The van der Waals surface area contributed by atoms with Crippen LogP contribution in [0, 0.1) is 0 Å². The van der Waals surface area contributed by atoms with Gasteiger partial charge in [-0.3, -0.25) is 9.59 Å². The Balaban J connectivity index is 1.53. The number of rotatable bonds is 4. The van der Waals surface area contributed by atoms with E-state index in [1.54, 1.807) is 16.2 Å². The van der Waals surface area contributed by atoms with E-state index in [1.165, 1.54) is 6.42 Å². The van der Waals surface area contributed by atoms with Gasteiger partial charge >= 0.3 is 0 Å². The van der Waals surface area contributed by atoms with E-state index in [9.17, 15) is 9.59 Å². The van der Waals surface area contributed by atoms with Crippen molar-refractivity contribution in [1.29, 1.82) is 0 Å². The van der Waals surface area contributed by atoms with E-state index < -0.39 is 5.54 Å². The number of hydrogen-bond acceptors (Lipinski definition) is 3. The summed E-state index contributed by atoms with van der Waals surface area (Å²) in [5.74, 6) is -0.185. The zero-order chi connectivity index (χ0) is 21.6. The van der Waals surface area contributed by atoms with Crippen LogP contribution in [0.5, 0.6) is 0 Å². The Hall–Kier alpha value is -2.31. The summed E-state index contributed by atoms with van der Waals surface area (Å²) in [6.07, 6.45) is 5.53. The SMILES string of the molecule is C[C@]1(C(=O)NC2CCCCC2)Cn2c(cc3ccsc32)C(=O)N1Cc1cccc(Cl)c1. The Labute approximate surface area is 191 Å². The zero-order valence-electron chi connectivity index (χ0n) is 17.6. The predicted molar refractivity (Wildman–Crippen MR) is 125 cm³/mol. The molecule has 0 unspecified atom stereocenters. The second kappa shape index (κ2) is 7.99. The molecule has 0 saturated heterocycles. The lowest BCUT2D eigenvalue weighted by Crippen LogP contribution is -2.64. The van der Waals surface area contributed by atoms with Crippen LogP contribution in [-0.4, -0.2) is 32.9 Å². The van der Waals surface area contributed by atoms with E-state index in [0.29, 0.717) is 23.8 Å². The van der Waals surface area contributed by atoms with Crippen molar-refractivity contribution >= 4 is 45.0 Å². The fourth-order valence-electron chi connectivity index (χ4n) is 4.91. The number of benzene rings is 1. The van der Waals surface area contributed by atoms with Gasteiger partial charge < -0.3 is 14.8 Å². The average molecular weight is 456 g/mol. The van der Waals surface area contributed by atoms with Gasteiger partial charge in [0.25, 0.3) is 5.91 Å². The molecule has 0 radical (unpaired) electrons. The van der Waals surface area contributed by atoms with Crippen molar-refractivity contribution < 1.29 is 9.59 Å². The molecule has 1 atom stereocenters. The molecular formula is C24H26ClN3O2S. The molecule has 0 spiro atoms.